The molecule has 0 saturated carbocycles. The van der Waals surface area contributed by atoms with Crippen LogP contribution in [0.2, 0.25) is 0 Å². The average molecular weight is 393 g/mol. The van der Waals surface area contributed by atoms with Crippen LogP contribution in [0.1, 0.15) is 83.1 Å². The molecule has 1 aromatic carbocycles. The van der Waals surface area contributed by atoms with Gasteiger partial charge in [0.2, 0.25) is 0 Å². The average Bonchev–Trinajstić information content (AvgIpc) is 2.67. The highest BCUT2D eigenvalue weighted by atomic mass is 32.2. The minimum absolute atomic E-state index is 0.122. The second-order valence-electron chi connectivity index (χ2n) is 7.70. The molecule has 1 fully saturated rings. The molecule has 1 aliphatic heterocycles. The highest BCUT2D eigenvalue weighted by molar-refractivity contribution is 8.00. The van der Waals surface area contributed by atoms with Gasteiger partial charge in [0.15, 0.2) is 0 Å². The summed E-state index contributed by atoms with van der Waals surface area (Å²) >= 11 is 1.63. The van der Waals surface area contributed by atoms with Gasteiger partial charge in [-0.25, -0.2) is 0 Å². The zero-order chi connectivity index (χ0) is 19.3. The first-order valence-electron chi connectivity index (χ1n) is 10.7. The van der Waals surface area contributed by atoms with Gasteiger partial charge < -0.3 is 9.84 Å². The predicted octanol–water partition coefficient (Wildman–Crippen LogP) is 5.89. The van der Waals surface area contributed by atoms with E-state index < -0.39 is 0 Å². The van der Waals surface area contributed by atoms with Gasteiger partial charge in [-0.1, -0.05) is 95.0 Å². The molecule has 1 N–H and O–H groups in total. The minimum Gasteiger partial charge on any atom is -0.460 e. The summed E-state index contributed by atoms with van der Waals surface area (Å²) in [6.07, 6.45) is 12.5. The van der Waals surface area contributed by atoms with E-state index in [0.717, 1.165) is 18.6 Å². The number of carbonyl (C=O) groups excluding carboxylic acids is 1. The van der Waals surface area contributed by atoms with Gasteiger partial charge in [-0.2, -0.15) is 0 Å². The van der Waals surface area contributed by atoms with Crippen molar-refractivity contribution in [2.75, 3.05) is 0 Å². The monoisotopic (exact) mass is 392 g/mol. The Morgan fingerprint density at radius 2 is 1.63 bits per heavy atom. The van der Waals surface area contributed by atoms with Gasteiger partial charge in [-0.3, -0.25) is 4.79 Å². The Balaban J connectivity index is 1.52. The quantitative estimate of drug-likeness (QED) is 0.299. The number of ether oxygens (including phenoxy) is 1. The highest BCUT2D eigenvalue weighted by Crippen LogP contribution is 2.33. The summed E-state index contributed by atoms with van der Waals surface area (Å²) in [5, 5.41) is 10.2. The van der Waals surface area contributed by atoms with Crippen LogP contribution >= 0.6 is 11.8 Å². The molecular formula is C23H36O3S. The first kappa shape index (κ1) is 22.3. The molecule has 3 nitrogen and oxygen atoms in total. The summed E-state index contributed by atoms with van der Waals surface area (Å²) in [6, 6.07) is 10.2. The number of hydrogen-bond donors (Lipinski definition) is 1. The maximum atomic E-state index is 11.7. The maximum absolute atomic E-state index is 11.7. The summed E-state index contributed by atoms with van der Waals surface area (Å²) in [6.45, 7) is 2.25. The number of hydrogen-bond acceptors (Lipinski definition) is 4. The van der Waals surface area contributed by atoms with Gasteiger partial charge in [0, 0.05) is 12.2 Å². The summed E-state index contributed by atoms with van der Waals surface area (Å²) < 4.78 is 5.28. The molecule has 1 saturated heterocycles. The van der Waals surface area contributed by atoms with Crippen LogP contribution in [0, 0.1) is 0 Å². The second kappa shape index (κ2) is 13.2. The molecular weight excluding hydrogens is 356 g/mol. The smallest absolute Gasteiger partial charge is 0.323 e. The number of thioether (sulfide) groups is 1. The largest absolute Gasteiger partial charge is 0.460 e. The lowest BCUT2D eigenvalue weighted by atomic mass is 9.99. The lowest BCUT2D eigenvalue weighted by Gasteiger charge is -2.35. The molecule has 0 aromatic heterocycles. The van der Waals surface area contributed by atoms with Crippen molar-refractivity contribution in [2.24, 2.45) is 0 Å². The van der Waals surface area contributed by atoms with Crippen LogP contribution in [0.5, 0.6) is 0 Å². The SMILES string of the molecule is CCCCCCCCCCC[C@@H](O)CC1OC(=O)[C@H]1SCc1ccccc1. The van der Waals surface area contributed by atoms with E-state index in [9.17, 15) is 9.90 Å². The van der Waals surface area contributed by atoms with Crippen LogP contribution in [-0.2, 0) is 15.3 Å². The number of esters is 1. The summed E-state index contributed by atoms with van der Waals surface area (Å²) in [5.41, 5.74) is 1.22. The Bertz CT molecular complexity index is 520. The molecule has 2 rings (SSSR count). The molecule has 4 heteroatoms. The van der Waals surface area contributed by atoms with E-state index in [1.807, 2.05) is 18.2 Å². The number of unbranched alkanes of at least 4 members (excludes halogenated alkanes) is 8. The van der Waals surface area contributed by atoms with E-state index in [1.54, 1.807) is 11.8 Å². The molecule has 0 bridgehead atoms. The molecule has 3 atom stereocenters. The van der Waals surface area contributed by atoms with Crippen LogP contribution in [0.15, 0.2) is 30.3 Å². The van der Waals surface area contributed by atoms with Crippen LogP contribution < -0.4 is 0 Å². The number of aliphatic hydroxyl groups excluding tert-OH is 1. The van der Waals surface area contributed by atoms with Crippen molar-refractivity contribution in [2.45, 2.75) is 101 Å². The molecule has 152 valence electrons. The number of rotatable bonds is 15. The minimum atomic E-state index is -0.354. The van der Waals surface area contributed by atoms with E-state index in [0.29, 0.717) is 6.42 Å². The highest BCUT2D eigenvalue weighted by Gasteiger charge is 2.43. The van der Waals surface area contributed by atoms with E-state index in [4.69, 9.17) is 4.74 Å². The normalized spacial score (nSPS) is 20.1. The van der Waals surface area contributed by atoms with E-state index >= 15 is 0 Å². The van der Waals surface area contributed by atoms with Crippen molar-refractivity contribution >= 4 is 17.7 Å². The molecule has 1 unspecified atom stereocenters. The lowest BCUT2D eigenvalue weighted by Crippen LogP contribution is -2.49. The Morgan fingerprint density at radius 3 is 2.26 bits per heavy atom. The Labute approximate surface area is 169 Å². The zero-order valence-corrected chi connectivity index (χ0v) is 17.6. The number of benzene rings is 1. The van der Waals surface area contributed by atoms with Crippen molar-refractivity contribution in [3.05, 3.63) is 35.9 Å². The summed E-state index contributed by atoms with van der Waals surface area (Å²) in [4.78, 5) is 11.7. The van der Waals surface area contributed by atoms with E-state index in [2.05, 4.69) is 19.1 Å². The Kier molecular flexibility index (Phi) is 10.9. The van der Waals surface area contributed by atoms with Gasteiger partial charge in [0.25, 0.3) is 0 Å². The predicted molar refractivity (Wildman–Crippen MR) is 114 cm³/mol. The third-order valence-corrected chi connectivity index (χ3v) is 6.61. The Hall–Kier alpha value is -1.00. The molecule has 27 heavy (non-hydrogen) atoms. The fourth-order valence-electron chi connectivity index (χ4n) is 3.54. The van der Waals surface area contributed by atoms with Gasteiger partial charge in [-0.15, -0.1) is 11.8 Å². The van der Waals surface area contributed by atoms with Crippen LogP contribution in [0.25, 0.3) is 0 Å². The van der Waals surface area contributed by atoms with Crippen molar-refractivity contribution in [1.82, 2.24) is 0 Å². The maximum Gasteiger partial charge on any atom is 0.323 e. The van der Waals surface area contributed by atoms with Crippen molar-refractivity contribution < 1.29 is 14.6 Å². The summed E-state index contributed by atoms with van der Waals surface area (Å²) in [7, 11) is 0. The van der Waals surface area contributed by atoms with Crippen LogP contribution in [-0.4, -0.2) is 28.5 Å². The van der Waals surface area contributed by atoms with Crippen molar-refractivity contribution in [1.29, 1.82) is 0 Å². The van der Waals surface area contributed by atoms with E-state index in [-0.39, 0.29) is 23.4 Å². The standard InChI is InChI=1S/C23H36O3S/c1-2-3-4-5-6-7-8-9-13-16-20(24)17-21-22(23(25)26-21)27-18-19-14-11-10-12-15-19/h10-12,14-15,20-22,24H,2-9,13,16-18H2,1H3/t20-,21?,22+/m1/s1. The first-order chi connectivity index (χ1) is 13.2. The molecule has 0 aliphatic carbocycles. The number of aliphatic hydroxyl groups is 1. The lowest BCUT2D eigenvalue weighted by molar-refractivity contribution is -0.169. The number of cyclic esters (lactones) is 1. The number of carbonyl (C=O) groups is 1. The van der Waals surface area contributed by atoms with Gasteiger partial charge >= 0.3 is 5.97 Å². The molecule has 0 spiro atoms. The van der Waals surface area contributed by atoms with Crippen molar-refractivity contribution in [3.63, 3.8) is 0 Å². The van der Waals surface area contributed by atoms with Crippen LogP contribution in [0.4, 0.5) is 0 Å². The topological polar surface area (TPSA) is 46.5 Å². The molecule has 0 radical (unpaired) electrons. The van der Waals surface area contributed by atoms with Gasteiger partial charge in [0.05, 0.1) is 6.10 Å². The fraction of sp³-hybridized carbons (Fsp3) is 0.696. The first-order valence-corrected chi connectivity index (χ1v) is 11.8. The molecule has 1 aliphatic rings. The summed E-state index contributed by atoms with van der Waals surface area (Å²) in [5.74, 6) is 0.682. The van der Waals surface area contributed by atoms with Gasteiger partial charge in [0.1, 0.15) is 11.4 Å². The second-order valence-corrected chi connectivity index (χ2v) is 8.83. The fourth-order valence-corrected chi connectivity index (χ4v) is 4.68. The van der Waals surface area contributed by atoms with Gasteiger partial charge in [-0.05, 0) is 12.0 Å². The Morgan fingerprint density at radius 1 is 1.00 bits per heavy atom. The van der Waals surface area contributed by atoms with Crippen LogP contribution in [0.3, 0.4) is 0 Å². The molecule has 1 heterocycles. The molecule has 0 amide bonds. The third kappa shape index (κ3) is 8.69. The molecule has 1 aromatic rings. The van der Waals surface area contributed by atoms with E-state index in [1.165, 1.54) is 56.9 Å². The van der Waals surface area contributed by atoms with Crippen molar-refractivity contribution in [3.8, 4) is 0 Å². The third-order valence-electron chi connectivity index (χ3n) is 5.26. The zero-order valence-electron chi connectivity index (χ0n) is 16.8.